The first-order chi connectivity index (χ1) is 9.70. The van der Waals surface area contributed by atoms with Crippen molar-refractivity contribution in [3.63, 3.8) is 0 Å². The number of carbonyl (C=O) groups excluding carboxylic acids is 1. The third kappa shape index (κ3) is 4.21. The molecule has 0 unspecified atom stereocenters. The molecule has 21 heavy (non-hydrogen) atoms. The van der Waals surface area contributed by atoms with E-state index in [1.807, 2.05) is 18.2 Å². The maximum atomic E-state index is 11.8. The first-order valence-corrected chi connectivity index (χ1v) is 7.03. The van der Waals surface area contributed by atoms with Crippen molar-refractivity contribution in [2.75, 3.05) is 5.32 Å². The lowest BCUT2D eigenvalue weighted by Gasteiger charge is -2.20. The predicted octanol–water partition coefficient (Wildman–Crippen LogP) is 3.54. The van der Waals surface area contributed by atoms with Crippen LogP contribution in [0.15, 0.2) is 24.3 Å². The highest BCUT2D eigenvalue weighted by molar-refractivity contribution is 5.85. The molecule has 0 saturated heterocycles. The molecule has 1 fully saturated rings. The molecule has 0 aromatic heterocycles. The summed E-state index contributed by atoms with van der Waals surface area (Å²) in [4.78, 5) is 22.7. The van der Waals surface area contributed by atoms with E-state index < -0.39 is 17.7 Å². The van der Waals surface area contributed by atoms with Crippen molar-refractivity contribution >= 4 is 17.7 Å². The summed E-state index contributed by atoms with van der Waals surface area (Å²) in [5, 5.41) is 11.7. The molecule has 1 aromatic carbocycles. The second-order valence-electron chi connectivity index (χ2n) is 6.56. The van der Waals surface area contributed by atoms with Gasteiger partial charge in [0, 0.05) is 11.1 Å². The van der Waals surface area contributed by atoms with Crippen LogP contribution in [0.2, 0.25) is 0 Å². The zero-order valence-electron chi connectivity index (χ0n) is 12.6. The molecule has 1 aromatic rings. The quantitative estimate of drug-likeness (QED) is 0.889. The fraction of sp³-hybridized carbons (Fsp3) is 0.500. The fourth-order valence-electron chi connectivity index (χ4n) is 2.36. The normalized spacial score (nSPS) is 16.1. The van der Waals surface area contributed by atoms with E-state index in [1.54, 1.807) is 26.8 Å². The predicted molar refractivity (Wildman–Crippen MR) is 79.5 cm³/mol. The van der Waals surface area contributed by atoms with Crippen molar-refractivity contribution in [1.29, 1.82) is 0 Å². The lowest BCUT2D eigenvalue weighted by molar-refractivity contribution is -0.137. The first-order valence-electron chi connectivity index (χ1n) is 7.03. The van der Waals surface area contributed by atoms with E-state index in [2.05, 4.69) is 5.32 Å². The molecule has 1 aliphatic carbocycles. The Morgan fingerprint density at radius 2 is 2.00 bits per heavy atom. The lowest BCUT2D eigenvalue weighted by Crippen LogP contribution is -2.27. The molecule has 1 amide bonds. The highest BCUT2D eigenvalue weighted by Crippen LogP contribution is 2.51. The monoisotopic (exact) mass is 291 g/mol. The van der Waals surface area contributed by atoms with Gasteiger partial charge in [-0.05, 0) is 51.3 Å². The Morgan fingerprint density at radius 1 is 1.33 bits per heavy atom. The van der Waals surface area contributed by atoms with Gasteiger partial charge in [0.05, 0.1) is 6.42 Å². The minimum atomic E-state index is -0.794. The molecule has 0 bridgehead atoms. The number of benzene rings is 1. The van der Waals surface area contributed by atoms with Crippen LogP contribution in [-0.2, 0) is 14.9 Å². The molecular weight excluding hydrogens is 270 g/mol. The van der Waals surface area contributed by atoms with Crippen LogP contribution >= 0.6 is 0 Å². The summed E-state index contributed by atoms with van der Waals surface area (Å²) in [6.07, 6.45) is 1.36. The van der Waals surface area contributed by atoms with Gasteiger partial charge in [0.15, 0.2) is 0 Å². The molecule has 0 atom stereocenters. The van der Waals surface area contributed by atoms with Gasteiger partial charge in [0.2, 0.25) is 0 Å². The van der Waals surface area contributed by atoms with Gasteiger partial charge in [-0.3, -0.25) is 10.1 Å². The number of amides is 1. The maximum Gasteiger partial charge on any atom is 0.412 e. The number of nitrogens with one attached hydrogen (secondary N) is 1. The second-order valence-corrected chi connectivity index (χ2v) is 6.56. The number of carboxylic acids is 1. The Kier molecular flexibility index (Phi) is 3.94. The van der Waals surface area contributed by atoms with E-state index in [0.29, 0.717) is 5.69 Å². The number of hydrogen-bond donors (Lipinski definition) is 2. The average Bonchev–Trinajstić information content (AvgIpc) is 3.06. The molecule has 0 heterocycles. The molecule has 5 heteroatoms. The van der Waals surface area contributed by atoms with Gasteiger partial charge in [0.1, 0.15) is 5.60 Å². The van der Waals surface area contributed by atoms with Crippen LogP contribution in [0.1, 0.15) is 45.6 Å². The molecule has 5 nitrogen and oxygen atoms in total. The van der Waals surface area contributed by atoms with E-state index in [-0.39, 0.29) is 11.8 Å². The van der Waals surface area contributed by atoms with Crippen molar-refractivity contribution in [2.45, 2.75) is 51.0 Å². The number of carbonyl (C=O) groups is 2. The topological polar surface area (TPSA) is 75.6 Å². The number of rotatable bonds is 4. The number of anilines is 1. The summed E-state index contributed by atoms with van der Waals surface area (Å²) in [7, 11) is 0. The number of aliphatic carboxylic acids is 1. The molecule has 0 radical (unpaired) electrons. The number of carboxylic acid groups (broad SMARTS) is 1. The van der Waals surface area contributed by atoms with Crippen LogP contribution < -0.4 is 5.32 Å². The Morgan fingerprint density at radius 3 is 2.52 bits per heavy atom. The molecule has 0 spiro atoms. The summed E-state index contributed by atoms with van der Waals surface area (Å²) >= 11 is 0. The van der Waals surface area contributed by atoms with Crippen LogP contribution in [0.4, 0.5) is 10.5 Å². The van der Waals surface area contributed by atoms with Gasteiger partial charge in [-0.2, -0.15) is 0 Å². The number of ether oxygens (including phenoxy) is 1. The van der Waals surface area contributed by atoms with Crippen LogP contribution in [0.3, 0.4) is 0 Å². The summed E-state index contributed by atoms with van der Waals surface area (Å²) in [6, 6.07) is 7.34. The van der Waals surface area contributed by atoms with E-state index in [0.717, 1.165) is 18.4 Å². The van der Waals surface area contributed by atoms with E-state index in [9.17, 15) is 9.59 Å². The smallest absolute Gasteiger partial charge is 0.412 e. The van der Waals surface area contributed by atoms with Gasteiger partial charge in [-0.25, -0.2) is 4.79 Å². The standard InChI is InChI=1S/C16H21NO4/c1-15(2,3)21-14(20)17-12-6-4-5-11(9-12)16(7-8-16)10-13(18)19/h4-6,9H,7-8,10H2,1-3H3,(H,17,20)(H,18,19). The highest BCUT2D eigenvalue weighted by atomic mass is 16.6. The zero-order valence-corrected chi connectivity index (χ0v) is 12.6. The van der Waals surface area contributed by atoms with Crippen molar-refractivity contribution in [3.8, 4) is 0 Å². The second kappa shape index (κ2) is 5.39. The van der Waals surface area contributed by atoms with E-state index >= 15 is 0 Å². The maximum absolute atomic E-state index is 11.8. The largest absolute Gasteiger partial charge is 0.481 e. The molecular formula is C16H21NO4. The summed E-state index contributed by atoms with van der Waals surface area (Å²) in [5.41, 5.74) is 0.761. The molecule has 114 valence electrons. The van der Waals surface area contributed by atoms with Gasteiger partial charge >= 0.3 is 12.1 Å². The highest BCUT2D eigenvalue weighted by Gasteiger charge is 2.46. The molecule has 2 N–H and O–H groups in total. The van der Waals surface area contributed by atoms with Crippen LogP contribution in [0.25, 0.3) is 0 Å². The zero-order chi connectivity index (χ0) is 15.7. The third-order valence-corrected chi connectivity index (χ3v) is 3.46. The summed E-state index contributed by atoms with van der Waals surface area (Å²) < 4.78 is 5.20. The van der Waals surface area contributed by atoms with E-state index in [4.69, 9.17) is 9.84 Å². The van der Waals surface area contributed by atoms with Gasteiger partial charge in [0.25, 0.3) is 0 Å². The SMILES string of the molecule is CC(C)(C)OC(=O)Nc1cccc(C2(CC(=O)O)CC2)c1. The first kappa shape index (κ1) is 15.4. The van der Waals surface area contributed by atoms with Crippen LogP contribution in [-0.4, -0.2) is 22.8 Å². The van der Waals surface area contributed by atoms with Crippen molar-refractivity contribution in [2.24, 2.45) is 0 Å². The fourth-order valence-corrected chi connectivity index (χ4v) is 2.36. The Hall–Kier alpha value is -2.04. The molecule has 1 aliphatic rings. The Labute approximate surface area is 124 Å². The molecule has 0 aliphatic heterocycles. The van der Waals surface area contributed by atoms with Crippen molar-refractivity contribution < 1.29 is 19.4 Å². The lowest BCUT2D eigenvalue weighted by atomic mass is 9.92. The Balaban J connectivity index is 2.08. The Bertz CT molecular complexity index is 556. The van der Waals surface area contributed by atoms with Crippen molar-refractivity contribution in [3.05, 3.63) is 29.8 Å². The van der Waals surface area contributed by atoms with Gasteiger partial charge in [-0.15, -0.1) is 0 Å². The average molecular weight is 291 g/mol. The van der Waals surface area contributed by atoms with Crippen LogP contribution in [0, 0.1) is 0 Å². The van der Waals surface area contributed by atoms with Crippen LogP contribution in [0.5, 0.6) is 0 Å². The van der Waals surface area contributed by atoms with Crippen molar-refractivity contribution in [1.82, 2.24) is 0 Å². The summed E-state index contributed by atoms with van der Waals surface area (Å²) in [5.74, 6) is -0.794. The molecule has 2 rings (SSSR count). The number of hydrogen-bond acceptors (Lipinski definition) is 3. The molecule has 1 saturated carbocycles. The minimum absolute atomic E-state index is 0.128. The minimum Gasteiger partial charge on any atom is -0.481 e. The summed E-state index contributed by atoms with van der Waals surface area (Å²) in [6.45, 7) is 5.40. The third-order valence-electron chi connectivity index (χ3n) is 3.46. The van der Waals surface area contributed by atoms with Gasteiger partial charge in [-0.1, -0.05) is 12.1 Å². The van der Waals surface area contributed by atoms with E-state index in [1.165, 1.54) is 0 Å². The van der Waals surface area contributed by atoms with Gasteiger partial charge < -0.3 is 9.84 Å².